The normalized spacial score (nSPS) is 16.8. The van der Waals surface area contributed by atoms with Gasteiger partial charge in [0.25, 0.3) is 0 Å². The Morgan fingerprint density at radius 1 is 1.18 bits per heavy atom. The molecule has 1 heterocycles. The molecule has 0 radical (unpaired) electrons. The van der Waals surface area contributed by atoms with Crippen LogP contribution in [0.2, 0.25) is 0 Å². The van der Waals surface area contributed by atoms with Gasteiger partial charge in [-0.25, -0.2) is 0 Å². The quantitative estimate of drug-likeness (QED) is 0.606. The van der Waals surface area contributed by atoms with Gasteiger partial charge in [0.05, 0.1) is 0 Å². The first-order valence-corrected chi connectivity index (χ1v) is 6.78. The Morgan fingerprint density at radius 3 is 2.35 bits per heavy atom. The van der Waals surface area contributed by atoms with Crippen molar-refractivity contribution in [2.75, 3.05) is 37.6 Å². The van der Waals surface area contributed by atoms with Crippen LogP contribution < -0.4 is 4.90 Å². The molecule has 0 aliphatic carbocycles. The number of likely N-dealkylation sites (N-methyl/N-ethyl adjacent to an activating group) is 1. The van der Waals surface area contributed by atoms with Crippen LogP contribution in [0, 0.1) is 10.7 Å². The van der Waals surface area contributed by atoms with Crippen molar-refractivity contribution in [1.82, 2.24) is 4.90 Å². The molecule has 3 nitrogen and oxygen atoms in total. The van der Waals surface area contributed by atoms with Gasteiger partial charge in [-0.15, -0.1) is 0 Å². The van der Waals surface area contributed by atoms with E-state index in [2.05, 4.69) is 34.3 Å². The standard InChI is InChI=1S/C13H17N3S/c1-2-15-7-9-16(10-8-15)12-3-5-13(6-4-12)17-11-14/h3-6H,2,7-10H2,1H3. The highest BCUT2D eigenvalue weighted by Gasteiger charge is 2.15. The molecule has 0 amide bonds. The van der Waals surface area contributed by atoms with Gasteiger partial charge in [-0.05, 0) is 42.6 Å². The van der Waals surface area contributed by atoms with Crippen molar-refractivity contribution in [3.05, 3.63) is 24.3 Å². The predicted molar refractivity (Wildman–Crippen MR) is 72.2 cm³/mol. The number of anilines is 1. The maximum Gasteiger partial charge on any atom is 0.138 e. The van der Waals surface area contributed by atoms with Crippen LogP contribution in [-0.2, 0) is 0 Å². The van der Waals surface area contributed by atoms with Gasteiger partial charge in [-0.1, -0.05) is 6.92 Å². The molecule has 1 aromatic rings. The van der Waals surface area contributed by atoms with Gasteiger partial charge in [0.15, 0.2) is 0 Å². The Hall–Kier alpha value is -1.18. The average molecular weight is 247 g/mol. The summed E-state index contributed by atoms with van der Waals surface area (Å²) in [7, 11) is 0. The summed E-state index contributed by atoms with van der Waals surface area (Å²) in [6.07, 6.45) is 0. The van der Waals surface area contributed by atoms with Crippen molar-refractivity contribution in [3.63, 3.8) is 0 Å². The Bertz CT molecular complexity index is 388. The van der Waals surface area contributed by atoms with Crippen molar-refractivity contribution < 1.29 is 0 Å². The van der Waals surface area contributed by atoms with E-state index in [0.29, 0.717) is 0 Å². The highest BCUT2D eigenvalue weighted by Crippen LogP contribution is 2.22. The molecular formula is C13H17N3S. The Morgan fingerprint density at radius 2 is 1.82 bits per heavy atom. The zero-order valence-corrected chi connectivity index (χ0v) is 10.9. The van der Waals surface area contributed by atoms with Crippen molar-refractivity contribution in [1.29, 1.82) is 5.26 Å². The molecule has 1 saturated heterocycles. The van der Waals surface area contributed by atoms with Gasteiger partial charge in [0, 0.05) is 36.8 Å². The number of nitrogens with zero attached hydrogens (tertiary/aromatic N) is 3. The zero-order chi connectivity index (χ0) is 12.1. The molecule has 1 aliphatic heterocycles. The third-order valence-electron chi connectivity index (χ3n) is 3.18. The van der Waals surface area contributed by atoms with Crippen molar-refractivity contribution in [3.8, 4) is 5.40 Å². The molecule has 0 atom stereocenters. The lowest BCUT2D eigenvalue weighted by Crippen LogP contribution is -2.46. The van der Waals surface area contributed by atoms with Crippen LogP contribution in [0.5, 0.6) is 0 Å². The first-order chi connectivity index (χ1) is 8.33. The van der Waals surface area contributed by atoms with Crippen LogP contribution in [0.3, 0.4) is 0 Å². The van der Waals surface area contributed by atoms with Crippen LogP contribution in [-0.4, -0.2) is 37.6 Å². The molecule has 0 saturated carbocycles. The summed E-state index contributed by atoms with van der Waals surface area (Å²) in [4.78, 5) is 5.90. The fourth-order valence-electron chi connectivity index (χ4n) is 2.10. The van der Waals surface area contributed by atoms with Gasteiger partial charge in [-0.2, -0.15) is 5.26 Å². The summed E-state index contributed by atoms with van der Waals surface area (Å²) in [5.41, 5.74) is 1.27. The summed E-state index contributed by atoms with van der Waals surface area (Å²) in [5, 5.41) is 10.7. The second kappa shape index (κ2) is 5.95. The Kier molecular flexibility index (Phi) is 4.29. The zero-order valence-electron chi connectivity index (χ0n) is 10.1. The van der Waals surface area contributed by atoms with Gasteiger partial charge >= 0.3 is 0 Å². The number of piperazine rings is 1. The highest BCUT2D eigenvalue weighted by molar-refractivity contribution is 8.03. The van der Waals surface area contributed by atoms with E-state index in [-0.39, 0.29) is 0 Å². The number of hydrogen-bond donors (Lipinski definition) is 0. The molecule has 4 heteroatoms. The van der Waals surface area contributed by atoms with Crippen LogP contribution in [0.4, 0.5) is 5.69 Å². The van der Waals surface area contributed by atoms with E-state index in [1.807, 2.05) is 12.1 Å². The Balaban J connectivity index is 1.97. The second-order valence-electron chi connectivity index (χ2n) is 4.11. The molecule has 2 rings (SSSR count). The fraction of sp³-hybridized carbons (Fsp3) is 0.462. The number of benzene rings is 1. The lowest BCUT2D eigenvalue weighted by atomic mass is 10.2. The predicted octanol–water partition coefficient (Wildman–Crippen LogP) is 2.40. The fourth-order valence-corrected chi connectivity index (χ4v) is 2.48. The van der Waals surface area contributed by atoms with Gasteiger partial charge in [0.2, 0.25) is 0 Å². The minimum atomic E-state index is 1.02. The molecule has 0 bridgehead atoms. The van der Waals surface area contributed by atoms with Crippen molar-refractivity contribution in [2.45, 2.75) is 11.8 Å². The largest absolute Gasteiger partial charge is 0.369 e. The molecule has 1 aliphatic rings. The topological polar surface area (TPSA) is 30.3 Å². The van der Waals surface area contributed by atoms with E-state index in [9.17, 15) is 0 Å². The first kappa shape index (κ1) is 12.3. The molecule has 1 aromatic carbocycles. The molecule has 0 spiro atoms. The third-order valence-corrected chi connectivity index (χ3v) is 3.78. The summed E-state index contributed by atoms with van der Waals surface area (Å²) < 4.78 is 0. The number of hydrogen-bond acceptors (Lipinski definition) is 4. The smallest absolute Gasteiger partial charge is 0.138 e. The van der Waals surface area contributed by atoms with Crippen LogP contribution in [0.1, 0.15) is 6.92 Å². The summed E-state index contributed by atoms with van der Waals surface area (Å²) in [5.74, 6) is 0. The molecule has 1 fully saturated rings. The lowest BCUT2D eigenvalue weighted by Gasteiger charge is -2.35. The summed E-state index contributed by atoms with van der Waals surface area (Å²) >= 11 is 1.21. The molecule has 0 aromatic heterocycles. The van der Waals surface area contributed by atoms with Gasteiger partial charge in [0.1, 0.15) is 5.40 Å². The molecule has 0 unspecified atom stereocenters. The average Bonchev–Trinajstić information content (AvgIpc) is 2.40. The second-order valence-corrected chi connectivity index (χ2v) is 4.97. The van der Waals surface area contributed by atoms with Gasteiger partial charge < -0.3 is 9.80 Å². The lowest BCUT2D eigenvalue weighted by molar-refractivity contribution is 0.271. The SMILES string of the molecule is CCN1CCN(c2ccc(SC#N)cc2)CC1. The van der Waals surface area contributed by atoms with Crippen molar-refractivity contribution in [2.24, 2.45) is 0 Å². The van der Waals surface area contributed by atoms with E-state index >= 15 is 0 Å². The number of rotatable bonds is 3. The number of nitriles is 1. The first-order valence-electron chi connectivity index (χ1n) is 5.97. The van der Waals surface area contributed by atoms with E-state index in [0.717, 1.165) is 37.6 Å². The van der Waals surface area contributed by atoms with E-state index in [1.54, 1.807) is 0 Å². The van der Waals surface area contributed by atoms with E-state index in [1.165, 1.54) is 17.4 Å². The maximum atomic E-state index is 8.59. The minimum absolute atomic E-state index is 1.02. The summed E-state index contributed by atoms with van der Waals surface area (Å²) in [6, 6.07) is 8.27. The summed E-state index contributed by atoms with van der Waals surface area (Å²) in [6.45, 7) is 7.84. The van der Waals surface area contributed by atoms with E-state index in [4.69, 9.17) is 5.26 Å². The molecule has 0 N–H and O–H groups in total. The van der Waals surface area contributed by atoms with Crippen LogP contribution in [0.25, 0.3) is 0 Å². The number of thioether (sulfide) groups is 1. The number of thiocyanates is 1. The molecular weight excluding hydrogens is 230 g/mol. The van der Waals surface area contributed by atoms with Crippen LogP contribution in [0.15, 0.2) is 29.2 Å². The monoisotopic (exact) mass is 247 g/mol. The van der Waals surface area contributed by atoms with E-state index < -0.39 is 0 Å². The maximum absolute atomic E-state index is 8.59. The van der Waals surface area contributed by atoms with Crippen LogP contribution >= 0.6 is 11.8 Å². The minimum Gasteiger partial charge on any atom is -0.369 e. The van der Waals surface area contributed by atoms with Crippen molar-refractivity contribution >= 4 is 17.4 Å². The molecule has 90 valence electrons. The highest BCUT2D eigenvalue weighted by atomic mass is 32.2. The molecule has 17 heavy (non-hydrogen) atoms. The third kappa shape index (κ3) is 3.15. The van der Waals surface area contributed by atoms with Gasteiger partial charge in [-0.3, -0.25) is 0 Å². The Labute approximate surface area is 107 Å².